The van der Waals surface area contributed by atoms with Crippen molar-refractivity contribution in [1.29, 1.82) is 0 Å². The van der Waals surface area contributed by atoms with Crippen LogP contribution in [0, 0.1) is 0 Å². The number of halogens is 2. The molecule has 5 nitrogen and oxygen atoms in total. The number of carboxylic acids is 1. The van der Waals surface area contributed by atoms with Crippen molar-refractivity contribution in [3.8, 4) is 0 Å². The number of benzene rings is 1. The number of nitrogen functional groups attached to an aromatic ring is 1. The highest BCUT2D eigenvalue weighted by Gasteiger charge is 2.15. The Bertz CT molecular complexity index is 532. The summed E-state index contributed by atoms with van der Waals surface area (Å²) >= 11 is 1.31. The van der Waals surface area contributed by atoms with Gasteiger partial charge in [0.25, 0.3) is 0 Å². The summed E-state index contributed by atoms with van der Waals surface area (Å²) in [6.07, 6.45) is 0. The van der Waals surface area contributed by atoms with E-state index in [9.17, 15) is 4.79 Å². The molecule has 0 amide bonds. The van der Waals surface area contributed by atoms with Crippen molar-refractivity contribution >= 4 is 57.5 Å². The topological polar surface area (TPSA) is 102 Å². The molecule has 0 saturated heterocycles. The maximum Gasteiger partial charge on any atom is 0.325 e. The molecule has 1 unspecified atom stereocenters. The molecule has 0 bridgehead atoms. The normalized spacial score (nSPS) is 11.4. The lowest BCUT2D eigenvalue weighted by atomic mass is 10.1. The van der Waals surface area contributed by atoms with Gasteiger partial charge < -0.3 is 16.6 Å². The van der Waals surface area contributed by atoms with Crippen LogP contribution in [0.1, 0.15) is 11.6 Å². The predicted molar refractivity (Wildman–Crippen MR) is 73.1 cm³/mol. The van der Waals surface area contributed by atoms with E-state index in [0.29, 0.717) is 10.7 Å². The fourth-order valence-corrected chi connectivity index (χ4v) is 2.08. The first-order chi connectivity index (χ1) is 7.08. The van der Waals surface area contributed by atoms with Crippen LogP contribution in [0.3, 0.4) is 0 Å². The van der Waals surface area contributed by atoms with Crippen LogP contribution in [-0.2, 0) is 4.79 Å². The first kappa shape index (κ1) is 15.9. The zero-order chi connectivity index (χ0) is 11.0. The average Bonchev–Trinajstić information content (AvgIpc) is 2.55. The monoisotopic (exact) mass is 295 g/mol. The highest BCUT2D eigenvalue weighted by atomic mass is 35.5. The number of nitrogens with two attached hydrogens (primary N) is 2. The predicted octanol–water partition coefficient (Wildman–Crippen LogP) is 1.81. The van der Waals surface area contributed by atoms with Gasteiger partial charge in [0.15, 0.2) is 5.13 Å². The van der Waals surface area contributed by atoms with Crippen molar-refractivity contribution in [3.63, 3.8) is 0 Å². The molecule has 1 atom stereocenters. The van der Waals surface area contributed by atoms with Gasteiger partial charge in [-0.3, -0.25) is 4.79 Å². The van der Waals surface area contributed by atoms with E-state index in [1.54, 1.807) is 18.2 Å². The molecule has 0 radical (unpaired) electrons. The van der Waals surface area contributed by atoms with Gasteiger partial charge in [-0.15, -0.1) is 24.8 Å². The molecule has 8 heteroatoms. The quantitative estimate of drug-likeness (QED) is 0.784. The minimum absolute atomic E-state index is 0. The Morgan fingerprint density at radius 2 is 2.06 bits per heavy atom. The summed E-state index contributed by atoms with van der Waals surface area (Å²) < 4.78 is 0.849. The van der Waals surface area contributed by atoms with Gasteiger partial charge in [0.05, 0.1) is 10.2 Å². The average molecular weight is 296 g/mol. The lowest BCUT2D eigenvalue weighted by Gasteiger charge is -2.05. The number of anilines is 1. The van der Waals surface area contributed by atoms with Crippen LogP contribution in [0.2, 0.25) is 0 Å². The minimum atomic E-state index is -1.05. The van der Waals surface area contributed by atoms with Crippen molar-refractivity contribution in [3.05, 3.63) is 23.8 Å². The molecule has 5 N–H and O–H groups in total. The number of aliphatic carboxylic acids is 1. The molecule has 2 aromatic rings. The van der Waals surface area contributed by atoms with Gasteiger partial charge in [0, 0.05) is 0 Å². The molecule has 0 aliphatic carbocycles. The Kier molecular flexibility index (Phi) is 5.63. The molecule has 0 fully saturated rings. The van der Waals surface area contributed by atoms with Crippen molar-refractivity contribution in [2.24, 2.45) is 5.73 Å². The Balaban J connectivity index is 0.00000128. The van der Waals surface area contributed by atoms with E-state index in [4.69, 9.17) is 16.6 Å². The number of rotatable bonds is 2. The molecule has 1 aromatic heterocycles. The van der Waals surface area contributed by atoms with Gasteiger partial charge in [0.1, 0.15) is 6.04 Å². The first-order valence-corrected chi connectivity index (χ1v) is 5.04. The number of aromatic nitrogens is 1. The Hall–Kier alpha value is -1.08. The molecule has 1 aromatic carbocycles. The van der Waals surface area contributed by atoms with Crippen LogP contribution in [0.4, 0.5) is 5.13 Å². The molecule has 0 saturated carbocycles. The SMILES string of the molecule is Cl.Cl.Nc1nc2ccc(C(N)C(=O)O)cc2s1. The molecular formula is C9H11Cl2N3O2S. The van der Waals surface area contributed by atoms with E-state index in [-0.39, 0.29) is 24.8 Å². The molecule has 0 aliphatic heterocycles. The van der Waals surface area contributed by atoms with Gasteiger partial charge in [-0.1, -0.05) is 17.4 Å². The van der Waals surface area contributed by atoms with E-state index in [2.05, 4.69) is 4.98 Å². The van der Waals surface area contributed by atoms with Crippen molar-refractivity contribution in [1.82, 2.24) is 4.98 Å². The number of hydrogen-bond donors (Lipinski definition) is 3. The van der Waals surface area contributed by atoms with Crippen molar-refractivity contribution < 1.29 is 9.90 Å². The van der Waals surface area contributed by atoms with E-state index in [1.165, 1.54) is 11.3 Å². The van der Waals surface area contributed by atoms with Crippen molar-refractivity contribution in [2.45, 2.75) is 6.04 Å². The van der Waals surface area contributed by atoms with Crippen LogP contribution in [0.25, 0.3) is 10.2 Å². The molecule has 94 valence electrons. The number of carboxylic acid groups (broad SMARTS) is 1. The third-order valence-corrected chi connectivity index (χ3v) is 2.90. The van der Waals surface area contributed by atoms with Gasteiger partial charge in [0.2, 0.25) is 0 Å². The lowest BCUT2D eigenvalue weighted by molar-refractivity contribution is -0.138. The van der Waals surface area contributed by atoms with Crippen LogP contribution in [0.15, 0.2) is 18.2 Å². The molecule has 2 rings (SSSR count). The highest BCUT2D eigenvalue weighted by molar-refractivity contribution is 7.22. The molecule has 0 spiro atoms. The second-order valence-corrected chi connectivity index (χ2v) is 4.16. The summed E-state index contributed by atoms with van der Waals surface area (Å²) in [6.45, 7) is 0. The fourth-order valence-electron chi connectivity index (χ4n) is 1.30. The van der Waals surface area contributed by atoms with Gasteiger partial charge >= 0.3 is 5.97 Å². The summed E-state index contributed by atoms with van der Waals surface area (Å²) in [5, 5.41) is 9.21. The standard InChI is InChI=1S/C9H9N3O2S.2ClH/c10-7(8(13)14)4-1-2-5-6(3-4)15-9(11)12-5;;/h1-3,7H,10H2,(H2,11,12)(H,13,14);2*1H. The third kappa shape index (κ3) is 3.19. The number of carbonyl (C=O) groups is 1. The van der Waals surface area contributed by atoms with Gasteiger partial charge in [-0.05, 0) is 17.7 Å². The molecular weight excluding hydrogens is 285 g/mol. The number of hydrogen-bond acceptors (Lipinski definition) is 5. The smallest absolute Gasteiger partial charge is 0.325 e. The van der Waals surface area contributed by atoms with Crippen LogP contribution in [0.5, 0.6) is 0 Å². The lowest BCUT2D eigenvalue weighted by Crippen LogP contribution is -2.20. The van der Waals surface area contributed by atoms with E-state index in [1.807, 2.05) is 0 Å². The van der Waals surface area contributed by atoms with Crippen LogP contribution < -0.4 is 11.5 Å². The van der Waals surface area contributed by atoms with Gasteiger partial charge in [-0.2, -0.15) is 0 Å². The summed E-state index contributed by atoms with van der Waals surface area (Å²) in [5.41, 5.74) is 12.3. The van der Waals surface area contributed by atoms with Crippen molar-refractivity contribution in [2.75, 3.05) is 5.73 Å². The zero-order valence-corrected chi connectivity index (χ0v) is 10.9. The number of nitrogens with zero attached hydrogens (tertiary/aromatic N) is 1. The summed E-state index contributed by atoms with van der Waals surface area (Å²) in [6, 6.07) is 4.08. The number of fused-ring (bicyclic) bond motifs is 1. The fraction of sp³-hybridized carbons (Fsp3) is 0.111. The largest absolute Gasteiger partial charge is 0.480 e. The molecule has 0 aliphatic rings. The van der Waals surface area contributed by atoms with E-state index >= 15 is 0 Å². The van der Waals surface area contributed by atoms with E-state index in [0.717, 1.165) is 10.2 Å². The maximum atomic E-state index is 10.7. The summed E-state index contributed by atoms with van der Waals surface area (Å²) in [5.74, 6) is -1.05. The van der Waals surface area contributed by atoms with Crippen LogP contribution >= 0.6 is 36.2 Å². The highest BCUT2D eigenvalue weighted by Crippen LogP contribution is 2.26. The first-order valence-electron chi connectivity index (χ1n) is 4.22. The third-order valence-electron chi connectivity index (χ3n) is 2.05. The Morgan fingerprint density at radius 1 is 1.41 bits per heavy atom. The second-order valence-electron chi connectivity index (χ2n) is 3.10. The van der Waals surface area contributed by atoms with Gasteiger partial charge in [-0.25, -0.2) is 4.98 Å². The van der Waals surface area contributed by atoms with E-state index < -0.39 is 12.0 Å². The number of thiazole rings is 1. The van der Waals surface area contributed by atoms with Crippen LogP contribution in [-0.4, -0.2) is 16.1 Å². The maximum absolute atomic E-state index is 10.7. The Morgan fingerprint density at radius 3 is 2.65 bits per heavy atom. The Labute approximate surface area is 114 Å². The summed E-state index contributed by atoms with van der Waals surface area (Å²) in [7, 11) is 0. The zero-order valence-electron chi connectivity index (χ0n) is 8.49. The summed E-state index contributed by atoms with van der Waals surface area (Å²) in [4.78, 5) is 14.7. The second kappa shape index (κ2) is 6.02. The minimum Gasteiger partial charge on any atom is -0.480 e. The molecule has 17 heavy (non-hydrogen) atoms. The molecule has 1 heterocycles.